The lowest BCUT2D eigenvalue weighted by Crippen LogP contribution is -2.53. The number of hydrogen-bond donors (Lipinski definition) is 1. The number of methoxy groups -OCH3 is 1. The highest BCUT2D eigenvalue weighted by Crippen LogP contribution is 2.42. The minimum Gasteiger partial charge on any atom is -0.493 e. The second-order valence-corrected chi connectivity index (χ2v) is 7.97. The van der Waals surface area contributed by atoms with Gasteiger partial charge in [0, 0.05) is 19.1 Å². The monoisotopic (exact) mass is 349 g/mol. The number of aliphatic hydroxyl groups is 1. The molecule has 1 saturated heterocycles. The van der Waals surface area contributed by atoms with Gasteiger partial charge in [-0.1, -0.05) is 0 Å². The Morgan fingerprint density at radius 1 is 1.24 bits per heavy atom. The molecular weight excluding hydrogens is 318 g/mol. The van der Waals surface area contributed by atoms with E-state index in [9.17, 15) is 5.11 Å². The standard InChI is InChI=1S/C20H31NO4/c1-6-24-18-9-13-7-8-21-12-19(25-20(2,3)4)16(22)11-15(21)14(13)10-17(18)23-5/h9-10,15-16,19,22H,6-8,11-12H2,1-5H3. The number of aliphatic hydroxyl groups excluding tert-OH is 1. The Bertz CT molecular complexity index is 610. The van der Waals surface area contributed by atoms with Crippen LogP contribution in [-0.2, 0) is 11.2 Å². The van der Waals surface area contributed by atoms with Gasteiger partial charge in [0.05, 0.1) is 31.5 Å². The van der Waals surface area contributed by atoms with E-state index < -0.39 is 6.10 Å². The fourth-order valence-corrected chi connectivity index (χ4v) is 3.99. The number of benzene rings is 1. The molecule has 0 amide bonds. The molecule has 2 heterocycles. The topological polar surface area (TPSA) is 51.2 Å². The van der Waals surface area contributed by atoms with Crippen molar-refractivity contribution in [2.45, 2.75) is 64.4 Å². The molecule has 0 bridgehead atoms. The highest BCUT2D eigenvalue weighted by atomic mass is 16.5. The van der Waals surface area contributed by atoms with Crippen LogP contribution in [0.2, 0.25) is 0 Å². The highest BCUT2D eigenvalue weighted by Gasteiger charge is 2.40. The molecule has 1 fully saturated rings. The summed E-state index contributed by atoms with van der Waals surface area (Å²) in [5, 5.41) is 10.7. The maximum absolute atomic E-state index is 10.7. The van der Waals surface area contributed by atoms with E-state index in [1.54, 1.807) is 7.11 Å². The van der Waals surface area contributed by atoms with E-state index in [0.29, 0.717) is 13.0 Å². The van der Waals surface area contributed by atoms with E-state index in [1.165, 1.54) is 11.1 Å². The number of rotatable bonds is 4. The molecule has 2 aliphatic rings. The van der Waals surface area contributed by atoms with E-state index in [4.69, 9.17) is 14.2 Å². The van der Waals surface area contributed by atoms with Gasteiger partial charge in [-0.05, 0) is 63.8 Å². The zero-order valence-electron chi connectivity index (χ0n) is 16.0. The zero-order chi connectivity index (χ0) is 18.2. The molecule has 1 N–H and O–H groups in total. The van der Waals surface area contributed by atoms with Crippen molar-refractivity contribution in [1.29, 1.82) is 0 Å². The number of nitrogens with zero attached hydrogens (tertiary/aromatic N) is 1. The summed E-state index contributed by atoms with van der Waals surface area (Å²) in [6.07, 6.45) is 1.07. The molecule has 140 valence electrons. The largest absolute Gasteiger partial charge is 0.493 e. The van der Waals surface area contributed by atoms with E-state index >= 15 is 0 Å². The molecule has 1 aromatic rings. The van der Waals surface area contributed by atoms with Gasteiger partial charge >= 0.3 is 0 Å². The van der Waals surface area contributed by atoms with Gasteiger partial charge in [-0.3, -0.25) is 4.90 Å². The molecule has 1 aromatic carbocycles. The fourth-order valence-electron chi connectivity index (χ4n) is 3.99. The van der Waals surface area contributed by atoms with Crippen molar-refractivity contribution in [1.82, 2.24) is 4.90 Å². The van der Waals surface area contributed by atoms with Crippen LogP contribution in [0.5, 0.6) is 11.5 Å². The fraction of sp³-hybridized carbons (Fsp3) is 0.700. The molecule has 5 heteroatoms. The van der Waals surface area contributed by atoms with Crippen LogP contribution < -0.4 is 9.47 Å². The van der Waals surface area contributed by atoms with Gasteiger partial charge in [-0.25, -0.2) is 0 Å². The summed E-state index contributed by atoms with van der Waals surface area (Å²) < 4.78 is 17.3. The molecule has 3 unspecified atom stereocenters. The Hall–Kier alpha value is -1.30. The van der Waals surface area contributed by atoms with Crippen LogP contribution in [-0.4, -0.2) is 54.6 Å². The Morgan fingerprint density at radius 3 is 2.64 bits per heavy atom. The Kier molecular flexibility index (Phi) is 5.28. The molecule has 3 atom stereocenters. The minimum atomic E-state index is -0.455. The normalized spacial score (nSPS) is 26.7. The Labute approximate surface area is 150 Å². The molecule has 0 saturated carbocycles. The van der Waals surface area contributed by atoms with Crippen molar-refractivity contribution in [2.75, 3.05) is 26.8 Å². The average molecular weight is 349 g/mol. The lowest BCUT2D eigenvalue weighted by molar-refractivity contribution is -0.149. The molecule has 3 rings (SSSR count). The molecular formula is C20H31NO4. The molecule has 0 radical (unpaired) electrons. The van der Waals surface area contributed by atoms with Crippen LogP contribution in [0.1, 0.15) is 51.3 Å². The summed E-state index contributed by atoms with van der Waals surface area (Å²) in [5.74, 6) is 1.58. The van der Waals surface area contributed by atoms with Gasteiger partial charge in [-0.15, -0.1) is 0 Å². The van der Waals surface area contributed by atoms with Crippen LogP contribution in [0.4, 0.5) is 0 Å². The van der Waals surface area contributed by atoms with E-state index in [-0.39, 0.29) is 17.7 Å². The van der Waals surface area contributed by atoms with Crippen molar-refractivity contribution in [3.63, 3.8) is 0 Å². The van der Waals surface area contributed by atoms with Crippen molar-refractivity contribution in [3.05, 3.63) is 23.3 Å². The first-order chi connectivity index (χ1) is 11.8. The molecule has 25 heavy (non-hydrogen) atoms. The summed E-state index contributed by atoms with van der Waals surface area (Å²) in [7, 11) is 1.67. The van der Waals surface area contributed by atoms with Crippen molar-refractivity contribution in [3.8, 4) is 11.5 Å². The predicted octanol–water partition coefficient (Wildman–Crippen LogP) is 2.94. The first-order valence-corrected chi connectivity index (χ1v) is 9.26. The number of ether oxygens (including phenoxy) is 3. The summed E-state index contributed by atoms with van der Waals surface area (Å²) in [6, 6.07) is 4.41. The first kappa shape index (κ1) is 18.5. The van der Waals surface area contributed by atoms with Gasteiger partial charge in [0.1, 0.15) is 0 Å². The summed E-state index contributed by atoms with van der Waals surface area (Å²) in [5.41, 5.74) is 2.30. The maximum atomic E-state index is 10.7. The lowest BCUT2D eigenvalue weighted by Gasteiger charge is -2.46. The van der Waals surface area contributed by atoms with Gasteiger partial charge in [0.15, 0.2) is 11.5 Å². The van der Waals surface area contributed by atoms with Crippen molar-refractivity contribution in [2.24, 2.45) is 0 Å². The van der Waals surface area contributed by atoms with Gasteiger partial charge in [0.25, 0.3) is 0 Å². The minimum absolute atomic E-state index is 0.137. The quantitative estimate of drug-likeness (QED) is 0.906. The lowest BCUT2D eigenvalue weighted by atomic mass is 9.84. The zero-order valence-corrected chi connectivity index (χ0v) is 16.0. The van der Waals surface area contributed by atoms with E-state index in [1.807, 2.05) is 27.7 Å². The van der Waals surface area contributed by atoms with Crippen LogP contribution in [0.15, 0.2) is 12.1 Å². The van der Waals surface area contributed by atoms with Crippen molar-refractivity contribution < 1.29 is 19.3 Å². The SMILES string of the molecule is CCOc1cc2c(cc1OC)C1CC(O)C(OC(C)(C)C)CN1CC2. The molecule has 0 spiro atoms. The van der Waals surface area contributed by atoms with E-state index in [2.05, 4.69) is 17.0 Å². The summed E-state index contributed by atoms with van der Waals surface area (Å²) in [6.45, 7) is 10.5. The number of hydrogen-bond acceptors (Lipinski definition) is 5. The number of piperidine rings is 1. The van der Waals surface area contributed by atoms with Crippen LogP contribution in [0, 0.1) is 0 Å². The van der Waals surface area contributed by atoms with Gasteiger partial charge < -0.3 is 19.3 Å². The Balaban J connectivity index is 1.85. The smallest absolute Gasteiger partial charge is 0.161 e. The molecule has 5 nitrogen and oxygen atoms in total. The third-order valence-electron chi connectivity index (χ3n) is 5.01. The molecule has 2 aliphatic heterocycles. The average Bonchev–Trinajstić information content (AvgIpc) is 2.54. The van der Waals surface area contributed by atoms with Gasteiger partial charge in [0.2, 0.25) is 0 Å². The van der Waals surface area contributed by atoms with Crippen LogP contribution >= 0.6 is 0 Å². The third kappa shape index (κ3) is 3.94. The Morgan fingerprint density at radius 2 is 2.00 bits per heavy atom. The third-order valence-corrected chi connectivity index (χ3v) is 5.01. The summed E-state index contributed by atoms with van der Waals surface area (Å²) in [4.78, 5) is 2.44. The second kappa shape index (κ2) is 7.14. The van der Waals surface area contributed by atoms with Gasteiger partial charge in [-0.2, -0.15) is 0 Å². The molecule has 0 aromatic heterocycles. The summed E-state index contributed by atoms with van der Waals surface area (Å²) >= 11 is 0. The second-order valence-electron chi connectivity index (χ2n) is 7.97. The van der Waals surface area contributed by atoms with Crippen molar-refractivity contribution >= 4 is 0 Å². The number of fused-ring (bicyclic) bond motifs is 3. The maximum Gasteiger partial charge on any atom is 0.161 e. The highest BCUT2D eigenvalue weighted by molar-refractivity contribution is 5.49. The van der Waals surface area contributed by atoms with E-state index in [0.717, 1.165) is 31.0 Å². The first-order valence-electron chi connectivity index (χ1n) is 9.26. The molecule has 0 aliphatic carbocycles. The van der Waals surface area contributed by atoms with Crippen LogP contribution in [0.25, 0.3) is 0 Å². The van der Waals surface area contributed by atoms with Crippen LogP contribution in [0.3, 0.4) is 0 Å². The predicted molar refractivity (Wildman–Crippen MR) is 97.4 cm³/mol.